The van der Waals surface area contributed by atoms with Crippen molar-refractivity contribution in [3.8, 4) is 0 Å². The lowest BCUT2D eigenvalue weighted by molar-refractivity contribution is 0.571. The molecule has 1 rings (SSSR count). The lowest BCUT2D eigenvalue weighted by Gasteiger charge is -2.08. The Hall–Kier alpha value is 0.210. The van der Waals surface area contributed by atoms with Crippen molar-refractivity contribution in [2.45, 2.75) is 19.8 Å². The van der Waals surface area contributed by atoms with Crippen molar-refractivity contribution < 1.29 is 0 Å². The van der Waals surface area contributed by atoms with Gasteiger partial charge >= 0.3 is 0 Å². The molecule has 0 radical (unpaired) electrons. The molecule has 0 fully saturated rings. The van der Waals surface area contributed by atoms with Crippen LogP contribution >= 0.6 is 34.5 Å². The number of alkyl halides is 1. The maximum atomic E-state index is 5.85. The second-order valence-electron chi connectivity index (χ2n) is 2.70. The molecule has 1 atom stereocenters. The Balaban J connectivity index is 2.56. The van der Waals surface area contributed by atoms with E-state index in [1.165, 1.54) is 0 Å². The van der Waals surface area contributed by atoms with Crippen LogP contribution in [0.3, 0.4) is 0 Å². The van der Waals surface area contributed by atoms with Gasteiger partial charge < -0.3 is 0 Å². The topological polar surface area (TPSA) is 12.9 Å². The van der Waals surface area contributed by atoms with E-state index in [2.05, 4.69) is 11.9 Å². The highest BCUT2D eigenvalue weighted by Gasteiger charge is 2.10. The smallest absolute Gasteiger partial charge is 0.143 e. The van der Waals surface area contributed by atoms with Crippen LogP contribution in [0.25, 0.3) is 0 Å². The Morgan fingerprint density at radius 1 is 1.67 bits per heavy atom. The van der Waals surface area contributed by atoms with Gasteiger partial charge in [0.2, 0.25) is 0 Å². The van der Waals surface area contributed by atoms with Crippen molar-refractivity contribution in [1.29, 1.82) is 0 Å². The zero-order chi connectivity index (χ0) is 8.97. The van der Waals surface area contributed by atoms with Gasteiger partial charge in [-0.05, 0) is 12.3 Å². The monoisotopic (exact) mass is 223 g/mol. The Bertz CT molecular complexity index is 233. The lowest BCUT2D eigenvalue weighted by atomic mass is 10.0. The highest BCUT2D eigenvalue weighted by atomic mass is 35.5. The van der Waals surface area contributed by atoms with Gasteiger partial charge in [0.25, 0.3) is 0 Å². The van der Waals surface area contributed by atoms with Crippen LogP contribution in [0.5, 0.6) is 0 Å². The fraction of sp³-hybridized carbons (Fsp3) is 0.625. The fourth-order valence-electron chi connectivity index (χ4n) is 0.959. The van der Waals surface area contributed by atoms with Gasteiger partial charge in [0, 0.05) is 10.8 Å². The zero-order valence-corrected chi connectivity index (χ0v) is 9.22. The summed E-state index contributed by atoms with van der Waals surface area (Å²) in [6.45, 7) is 2.14. The van der Waals surface area contributed by atoms with Crippen LogP contribution < -0.4 is 0 Å². The van der Waals surface area contributed by atoms with Crippen molar-refractivity contribution in [2.75, 3.05) is 5.88 Å². The largest absolute Gasteiger partial charge is 0.233 e. The summed E-state index contributed by atoms with van der Waals surface area (Å²) in [4.78, 5) is 5.14. The third-order valence-electron chi connectivity index (χ3n) is 1.86. The second-order valence-corrected chi connectivity index (χ2v) is 4.30. The van der Waals surface area contributed by atoms with E-state index >= 15 is 0 Å². The molecule has 12 heavy (non-hydrogen) atoms. The van der Waals surface area contributed by atoms with Gasteiger partial charge in [0.05, 0.1) is 5.51 Å². The van der Waals surface area contributed by atoms with Crippen molar-refractivity contribution in [3.05, 3.63) is 15.5 Å². The molecule has 0 saturated carbocycles. The van der Waals surface area contributed by atoms with Gasteiger partial charge in [-0.2, -0.15) is 0 Å². The number of thiazole rings is 1. The molecule has 0 aliphatic heterocycles. The number of nitrogens with zero attached hydrogens (tertiary/aromatic N) is 1. The third kappa shape index (κ3) is 2.61. The number of hydrogen-bond acceptors (Lipinski definition) is 2. The molecule has 1 unspecified atom stereocenters. The SMILES string of the molecule is CCC(CCl)Cc1scnc1Cl. The summed E-state index contributed by atoms with van der Waals surface area (Å²) in [5, 5.41) is 0.642. The quantitative estimate of drug-likeness (QED) is 0.712. The normalized spacial score (nSPS) is 13.2. The summed E-state index contributed by atoms with van der Waals surface area (Å²) >= 11 is 13.2. The van der Waals surface area contributed by atoms with E-state index in [9.17, 15) is 0 Å². The van der Waals surface area contributed by atoms with Crippen molar-refractivity contribution in [1.82, 2.24) is 4.98 Å². The molecular weight excluding hydrogens is 213 g/mol. The summed E-state index contributed by atoms with van der Waals surface area (Å²) in [6.07, 6.45) is 2.06. The van der Waals surface area contributed by atoms with Crippen LogP contribution in [0, 0.1) is 5.92 Å². The molecule has 4 heteroatoms. The minimum atomic E-state index is 0.532. The predicted molar refractivity (Wildman–Crippen MR) is 55.3 cm³/mol. The minimum Gasteiger partial charge on any atom is -0.233 e. The van der Waals surface area contributed by atoms with Gasteiger partial charge in [-0.15, -0.1) is 22.9 Å². The number of halogens is 2. The molecule has 0 aliphatic carbocycles. The van der Waals surface area contributed by atoms with Gasteiger partial charge in [0.15, 0.2) is 0 Å². The summed E-state index contributed by atoms with van der Waals surface area (Å²) in [6, 6.07) is 0. The maximum Gasteiger partial charge on any atom is 0.143 e. The van der Waals surface area contributed by atoms with Gasteiger partial charge in [0.1, 0.15) is 5.15 Å². The average molecular weight is 224 g/mol. The van der Waals surface area contributed by atoms with E-state index in [0.29, 0.717) is 17.0 Å². The molecule has 0 saturated heterocycles. The second kappa shape index (κ2) is 5.05. The Labute approximate surface area is 86.7 Å². The first kappa shape index (κ1) is 10.3. The first-order valence-electron chi connectivity index (χ1n) is 3.91. The first-order chi connectivity index (χ1) is 5.77. The Morgan fingerprint density at radius 2 is 2.42 bits per heavy atom. The first-order valence-corrected chi connectivity index (χ1v) is 5.71. The van der Waals surface area contributed by atoms with Gasteiger partial charge in [-0.25, -0.2) is 4.98 Å². The maximum absolute atomic E-state index is 5.85. The Morgan fingerprint density at radius 3 is 2.83 bits per heavy atom. The molecule has 1 aromatic rings. The summed E-state index contributed by atoms with van der Waals surface area (Å²) in [5.74, 6) is 1.23. The highest BCUT2D eigenvalue weighted by Crippen LogP contribution is 2.23. The fourth-order valence-corrected chi connectivity index (χ4v) is 2.37. The minimum absolute atomic E-state index is 0.532. The van der Waals surface area contributed by atoms with Crippen molar-refractivity contribution in [2.24, 2.45) is 5.92 Å². The summed E-state index contributed by atoms with van der Waals surface area (Å²) < 4.78 is 0. The van der Waals surface area contributed by atoms with Crippen LogP contribution in [-0.4, -0.2) is 10.9 Å². The van der Waals surface area contributed by atoms with Gasteiger partial charge in [-0.1, -0.05) is 24.9 Å². The molecule has 68 valence electrons. The van der Waals surface area contributed by atoms with Crippen molar-refractivity contribution >= 4 is 34.5 Å². The van der Waals surface area contributed by atoms with Crippen LogP contribution in [0.15, 0.2) is 5.51 Å². The van der Waals surface area contributed by atoms with E-state index in [4.69, 9.17) is 23.2 Å². The summed E-state index contributed by atoms with van der Waals surface area (Å²) in [5.41, 5.74) is 1.78. The van der Waals surface area contributed by atoms with Crippen LogP contribution in [-0.2, 0) is 6.42 Å². The molecule has 1 aromatic heterocycles. The van der Waals surface area contributed by atoms with E-state index in [1.54, 1.807) is 16.8 Å². The highest BCUT2D eigenvalue weighted by molar-refractivity contribution is 7.10. The van der Waals surface area contributed by atoms with Crippen LogP contribution in [0.2, 0.25) is 5.15 Å². The molecule has 0 aliphatic rings. The molecule has 0 N–H and O–H groups in total. The van der Waals surface area contributed by atoms with Crippen LogP contribution in [0.1, 0.15) is 18.2 Å². The Kier molecular flexibility index (Phi) is 4.33. The van der Waals surface area contributed by atoms with Gasteiger partial charge in [-0.3, -0.25) is 0 Å². The van der Waals surface area contributed by atoms with E-state index < -0.39 is 0 Å². The lowest BCUT2D eigenvalue weighted by Crippen LogP contribution is -2.03. The zero-order valence-electron chi connectivity index (χ0n) is 6.89. The predicted octanol–water partition coefficient (Wildman–Crippen LogP) is 3.60. The van der Waals surface area contributed by atoms with Crippen molar-refractivity contribution in [3.63, 3.8) is 0 Å². The van der Waals surface area contributed by atoms with E-state index in [1.807, 2.05) is 0 Å². The van der Waals surface area contributed by atoms with Crippen LogP contribution in [0.4, 0.5) is 0 Å². The molecule has 1 heterocycles. The molecular formula is C8H11Cl2NS. The average Bonchev–Trinajstić information content (AvgIpc) is 2.47. The molecule has 0 aromatic carbocycles. The van der Waals surface area contributed by atoms with E-state index in [0.717, 1.165) is 17.7 Å². The number of aromatic nitrogens is 1. The molecule has 1 nitrogen and oxygen atoms in total. The third-order valence-corrected chi connectivity index (χ3v) is 3.59. The molecule has 0 amide bonds. The summed E-state index contributed by atoms with van der Waals surface area (Å²) in [7, 11) is 0. The number of rotatable bonds is 4. The number of hydrogen-bond donors (Lipinski definition) is 0. The molecule has 0 bridgehead atoms. The molecule has 0 spiro atoms. The van der Waals surface area contributed by atoms with E-state index in [-0.39, 0.29) is 0 Å². The standard InChI is InChI=1S/C8H11Cl2NS/c1-2-6(4-9)3-7-8(10)11-5-12-7/h5-6H,2-4H2,1H3.